The van der Waals surface area contributed by atoms with Gasteiger partial charge in [0.2, 0.25) is 5.91 Å². The third-order valence-electron chi connectivity index (χ3n) is 4.93. The number of benzene rings is 1. The van der Waals surface area contributed by atoms with Crippen LogP contribution in [-0.4, -0.2) is 30.5 Å². The first-order valence-electron chi connectivity index (χ1n) is 8.37. The zero-order valence-corrected chi connectivity index (χ0v) is 13.3. The highest BCUT2D eigenvalue weighted by atomic mass is 16.5. The number of likely N-dealkylation sites (tertiary alicyclic amines) is 1. The van der Waals surface area contributed by atoms with E-state index in [1.807, 2.05) is 18.2 Å². The molecule has 1 fully saturated rings. The number of ether oxygens (including phenoxy) is 1. The van der Waals surface area contributed by atoms with E-state index in [0.29, 0.717) is 11.9 Å². The minimum Gasteiger partial charge on any atom is -0.496 e. The molecule has 0 spiro atoms. The van der Waals surface area contributed by atoms with Crippen LogP contribution < -0.4 is 4.74 Å². The van der Waals surface area contributed by atoms with Gasteiger partial charge in [-0.25, -0.2) is 0 Å². The van der Waals surface area contributed by atoms with Crippen LogP contribution in [0.25, 0.3) is 0 Å². The molecule has 0 saturated carbocycles. The second-order valence-corrected chi connectivity index (χ2v) is 6.33. The quantitative estimate of drug-likeness (QED) is 0.795. The maximum absolute atomic E-state index is 12.8. The van der Waals surface area contributed by atoms with Crippen LogP contribution in [-0.2, 0) is 11.2 Å². The summed E-state index contributed by atoms with van der Waals surface area (Å²) in [5.74, 6) is 1.49. The lowest BCUT2D eigenvalue weighted by atomic mass is 9.92. The number of allylic oxidation sites excluding steroid dienone is 2. The molecule has 1 amide bonds. The highest BCUT2D eigenvalue weighted by Gasteiger charge is 2.33. The first-order valence-corrected chi connectivity index (χ1v) is 8.37. The monoisotopic (exact) mass is 299 g/mol. The van der Waals surface area contributed by atoms with Crippen molar-refractivity contribution in [2.45, 2.75) is 44.6 Å². The molecule has 1 aromatic carbocycles. The molecule has 3 nitrogen and oxygen atoms in total. The van der Waals surface area contributed by atoms with Crippen molar-refractivity contribution in [3.05, 3.63) is 42.0 Å². The van der Waals surface area contributed by atoms with Gasteiger partial charge in [-0.3, -0.25) is 4.79 Å². The Hall–Kier alpha value is -1.77. The molecule has 1 aliphatic carbocycles. The first kappa shape index (κ1) is 15.1. The predicted octanol–water partition coefficient (Wildman–Crippen LogP) is 3.59. The summed E-state index contributed by atoms with van der Waals surface area (Å²) in [4.78, 5) is 15.0. The number of rotatable bonds is 4. The van der Waals surface area contributed by atoms with E-state index in [2.05, 4.69) is 23.1 Å². The van der Waals surface area contributed by atoms with Crippen LogP contribution in [0.4, 0.5) is 0 Å². The molecule has 0 radical (unpaired) electrons. The number of nitrogens with zero attached hydrogens (tertiary/aromatic N) is 1. The number of carbonyl (C=O) groups is 1. The molecular formula is C19H25NO2. The highest BCUT2D eigenvalue weighted by molar-refractivity contribution is 5.79. The molecule has 0 aromatic heterocycles. The molecule has 0 unspecified atom stereocenters. The van der Waals surface area contributed by atoms with Gasteiger partial charge in [-0.05, 0) is 50.2 Å². The summed E-state index contributed by atoms with van der Waals surface area (Å²) < 4.78 is 5.46. The van der Waals surface area contributed by atoms with Crippen molar-refractivity contribution in [3.63, 3.8) is 0 Å². The van der Waals surface area contributed by atoms with E-state index in [9.17, 15) is 4.79 Å². The molecule has 22 heavy (non-hydrogen) atoms. The van der Waals surface area contributed by atoms with Gasteiger partial charge in [-0.2, -0.15) is 0 Å². The van der Waals surface area contributed by atoms with E-state index in [-0.39, 0.29) is 5.92 Å². The van der Waals surface area contributed by atoms with Crippen LogP contribution in [0.5, 0.6) is 5.75 Å². The van der Waals surface area contributed by atoms with Crippen LogP contribution in [0, 0.1) is 5.92 Å². The van der Waals surface area contributed by atoms with Crippen molar-refractivity contribution >= 4 is 5.91 Å². The molecule has 3 rings (SSSR count). The van der Waals surface area contributed by atoms with Crippen molar-refractivity contribution in [2.75, 3.05) is 13.7 Å². The third-order valence-corrected chi connectivity index (χ3v) is 4.93. The SMILES string of the molecule is COc1ccccc1C[C@@H]1CCCN1C(=O)[C@H]1CC=CCC1. The topological polar surface area (TPSA) is 29.5 Å². The summed E-state index contributed by atoms with van der Waals surface area (Å²) in [7, 11) is 1.71. The molecule has 2 aliphatic rings. The second-order valence-electron chi connectivity index (χ2n) is 6.33. The lowest BCUT2D eigenvalue weighted by molar-refractivity contribution is -0.136. The van der Waals surface area contributed by atoms with Gasteiger partial charge in [0.25, 0.3) is 0 Å². The Morgan fingerprint density at radius 1 is 1.27 bits per heavy atom. The Morgan fingerprint density at radius 3 is 2.91 bits per heavy atom. The fraction of sp³-hybridized carbons (Fsp3) is 0.526. The summed E-state index contributed by atoms with van der Waals surface area (Å²) in [5.41, 5.74) is 1.21. The van der Waals surface area contributed by atoms with Crippen molar-refractivity contribution < 1.29 is 9.53 Å². The fourth-order valence-electron chi connectivity index (χ4n) is 3.72. The number of hydrogen-bond acceptors (Lipinski definition) is 2. The number of methoxy groups -OCH3 is 1. The van der Waals surface area contributed by atoms with E-state index in [1.54, 1.807) is 7.11 Å². The van der Waals surface area contributed by atoms with E-state index in [0.717, 1.165) is 50.8 Å². The number of para-hydroxylation sites is 1. The molecule has 3 heteroatoms. The minimum absolute atomic E-state index is 0.197. The standard InChI is InChI=1S/C19H25NO2/c1-22-18-12-6-5-10-16(18)14-17-11-7-13-20(17)19(21)15-8-3-2-4-9-15/h2-3,5-6,10,12,15,17H,4,7-9,11,13-14H2,1H3/t15-,17-/m0/s1. The molecule has 1 aliphatic heterocycles. The van der Waals surface area contributed by atoms with Gasteiger partial charge in [0.15, 0.2) is 0 Å². The van der Waals surface area contributed by atoms with E-state index < -0.39 is 0 Å². The van der Waals surface area contributed by atoms with Gasteiger partial charge in [0, 0.05) is 18.5 Å². The Kier molecular flexibility index (Phi) is 4.81. The smallest absolute Gasteiger partial charge is 0.226 e. The van der Waals surface area contributed by atoms with Gasteiger partial charge in [0.1, 0.15) is 5.75 Å². The molecular weight excluding hydrogens is 274 g/mol. The molecule has 2 atom stereocenters. The van der Waals surface area contributed by atoms with E-state index >= 15 is 0 Å². The summed E-state index contributed by atoms with van der Waals surface area (Å²) in [6.45, 7) is 0.916. The maximum Gasteiger partial charge on any atom is 0.226 e. The predicted molar refractivity (Wildman–Crippen MR) is 87.9 cm³/mol. The zero-order valence-electron chi connectivity index (χ0n) is 13.3. The number of hydrogen-bond donors (Lipinski definition) is 0. The molecule has 1 heterocycles. The van der Waals surface area contributed by atoms with Crippen LogP contribution in [0.2, 0.25) is 0 Å². The fourth-order valence-corrected chi connectivity index (χ4v) is 3.72. The lowest BCUT2D eigenvalue weighted by Gasteiger charge is -2.30. The largest absolute Gasteiger partial charge is 0.496 e. The maximum atomic E-state index is 12.8. The minimum atomic E-state index is 0.197. The van der Waals surface area contributed by atoms with Crippen LogP contribution in [0.1, 0.15) is 37.7 Å². The highest BCUT2D eigenvalue weighted by Crippen LogP contribution is 2.29. The molecule has 118 valence electrons. The number of amides is 1. The average molecular weight is 299 g/mol. The van der Waals surface area contributed by atoms with Gasteiger partial charge >= 0.3 is 0 Å². The van der Waals surface area contributed by atoms with Crippen molar-refractivity contribution in [3.8, 4) is 5.75 Å². The lowest BCUT2D eigenvalue weighted by Crippen LogP contribution is -2.41. The van der Waals surface area contributed by atoms with Gasteiger partial charge in [0.05, 0.1) is 7.11 Å². The summed E-state index contributed by atoms with van der Waals surface area (Å²) in [6.07, 6.45) is 10.4. The third kappa shape index (κ3) is 3.18. The van der Waals surface area contributed by atoms with Crippen molar-refractivity contribution in [1.29, 1.82) is 0 Å². The molecule has 0 bridgehead atoms. The Morgan fingerprint density at radius 2 is 2.14 bits per heavy atom. The van der Waals surface area contributed by atoms with Gasteiger partial charge < -0.3 is 9.64 Å². The van der Waals surface area contributed by atoms with Crippen LogP contribution in [0.3, 0.4) is 0 Å². The summed E-state index contributed by atoms with van der Waals surface area (Å²) >= 11 is 0. The van der Waals surface area contributed by atoms with Gasteiger partial charge in [-0.15, -0.1) is 0 Å². The summed E-state index contributed by atoms with van der Waals surface area (Å²) in [6, 6.07) is 8.49. The molecule has 1 saturated heterocycles. The van der Waals surface area contributed by atoms with E-state index in [1.165, 1.54) is 5.56 Å². The van der Waals surface area contributed by atoms with Crippen molar-refractivity contribution in [1.82, 2.24) is 4.90 Å². The molecule has 0 N–H and O–H groups in total. The second kappa shape index (κ2) is 6.99. The van der Waals surface area contributed by atoms with Crippen molar-refractivity contribution in [2.24, 2.45) is 5.92 Å². The average Bonchev–Trinajstić information content (AvgIpc) is 3.03. The molecule has 1 aromatic rings. The zero-order chi connectivity index (χ0) is 15.4. The summed E-state index contributed by atoms with van der Waals surface area (Å²) in [5, 5.41) is 0. The van der Waals surface area contributed by atoms with E-state index in [4.69, 9.17) is 4.74 Å². The first-order chi connectivity index (χ1) is 10.8. The van der Waals surface area contributed by atoms with Gasteiger partial charge in [-0.1, -0.05) is 30.4 Å². The van der Waals surface area contributed by atoms with Crippen LogP contribution in [0.15, 0.2) is 36.4 Å². The Balaban J connectivity index is 1.70. The number of carbonyl (C=O) groups excluding carboxylic acids is 1. The van der Waals surface area contributed by atoms with Crippen LogP contribution >= 0.6 is 0 Å². The normalized spacial score (nSPS) is 24.5. The Bertz CT molecular complexity index is 552. The Labute approximate surface area is 133 Å².